The van der Waals surface area contributed by atoms with Crippen molar-refractivity contribution >= 4 is 15.9 Å². The van der Waals surface area contributed by atoms with Gasteiger partial charge in [0, 0.05) is 19.1 Å². The smallest absolute Gasteiger partial charge is 0.154 e. The Morgan fingerprint density at radius 3 is 2.94 bits per heavy atom. The van der Waals surface area contributed by atoms with Gasteiger partial charge in [0.25, 0.3) is 0 Å². The lowest BCUT2D eigenvalue weighted by Gasteiger charge is -2.05. The maximum atomic E-state index is 13.1. The van der Waals surface area contributed by atoms with Crippen molar-refractivity contribution in [1.29, 1.82) is 0 Å². The summed E-state index contributed by atoms with van der Waals surface area (Å²) >= 11 is 3.08. The van der Waals surface area contributed by atoms with Crippen molar-refractivity contribution in [2.75, 3.05) is 7.11 Å². The highest BCUT2D eigenvalue weighted by Gasteiger charge is 1.99. The number of rotatable bonds is 4. The fourth-order valence-corrected chi connectivity index (χ4v) is 1.47. The summed E-state index contributed by atoms with van der Waals surface area (Å²) in [6.45, 7) is 0. The molecule has 0 bridgehead atoms. The highest BCUT2D eigenvalue weighted by molar-refractivity contribution is 9.10. The quantitative estimate of drug-likeness (QED) is 0.526. The van der Waals surface area contributed by atoms with Crippen molar-refractivity contribution in [2.45, 2.75) is 25.6 Å². The molecule has 0 aliphatic carbocycles. The van der Waals surface area contributed by atoms with Crippen LogP contribution in [0.25, 0.3) is 0 Å². The average Bonchev–Trinajstić information content (AvgIpc) is 2.33. The fraction of sp³-hybridized carbons (Fsp3) is 0.385. The summed E-state index contributed by atoms with van der Waals surface area (Å²) in [6, 6.07) is 4.78. The Kier molecular flexibility index (Phi) is 6.20. The molecule has 1 rings (SSSR count). The zero-order chi connectivity index (χ0) is 12.7. The van der Waals surface area contributed by atoms with Crippen molar-refractivity contribution in [1.82, 2.24) is 0 Å². The van der Waals surface area contributed by atoms with Crippen LogP contribution in [0.15, 0.2) is 22.7 Å². The van der Waals surface area contributed by atoms with Gasteiger partial charge in [0.05, 0.1) is 4.47 Å². The first kappa shape index (κ1) is 14.2. The van der Waals surface area contributed by atoms with Crippen LogP contribution in [-0.4, -0.2) is 18.5 Å². The van der Waals surface area contributed by atoms with Crippen LogP contribution >= 0.6 is 15.9 Å². The molecule has 0 spiro atoms. The van der Waals surface area contributed by atoms with Crippen LogP contribution in [0.1, 0.15) is 24.8 Å². The summed E-state index contributed by atoms with van der Waals surface area (Å²) in [5.41, 5.74) is 0.651. The van der Waals surface area contributed by atoms with E-state index in [0.717, 1.165) is 6.42 Å². The number of aliphatic hydroxyl groups excluding tert-OH is 1. The Bertz CT molecular complexity index is 423. The predicted molar refractivity (Wildman–Crippen MR) is 67.8 cm³/mol. The molecule has 1 aromatic rings. The Labute approximate surface area is 109 Å². The van der Waals surface area contributed by atoms with E-state index in [9.17, 15) is 4.39 Å². The molecule has 2 nitrogen and oxygen atoms in total. The lowest BCUT2D eigenvalue weighted by Crippen LogP contribution is -2.07. The third-order valence-electron chi connectivity index (χ3n) is 2.18. The topological polar surface area (TPSA) is 29.5 Å². The molecule has 0 aliphatic heterocycles. The Hall–Kier alpha value is -0.890. The molecular weight excluding hydrogens is 287 g/mol. The van der Waals surface area contributed by atoms with Gasteiger partial charge in [0.15, 0.2) is 6.29 Å². The van der Waals surface area contributed by atoms with Gasteiger partial charge in [-0.3, -0.25) is 0 Å². The van der Waals surface area contributed by atoms with E-state index in [0.29, 0.717) is 22.9 Å². The van der Waals surface area contributed by atoms with Gasteiger partial charge in [-0.1, -0.05) is 11.8 Å². The Balaban J connectivity index is 2.41. The summed E-state index contributed by atoms with van der Waals surface area (Å²) in [5, 5.41) is 9.12. The summed E-state index contributed by atoms with van der Waals surface area (Å²) in [7, 11) is 1.46. The average molecular weight is 301 g/mol. The number of ether oxygens (including phenoxy) is 1. The zero-order valence-corrected chi connectivity index (χ0v) is 11.1. The van der Waals surface area contributed by atoms with Gasteiger partial charge in [0.2, 0.25) is 0 Å². The highest BCUT2D eigenvalue weighted by atomic mass is 79.9. The molecule has 17 heavy (non-hydrogen) atoms. The van der Waals surface area contributed by atoms with Gasteiger partial charge in [-0.15, -0.1) is 0 Å². The lowest BCUT2D eigenvalue weighted by molar-refractivity contribution is -0.0787. The lowest BCUT2D eigenvalue weighted by atomic mass is 10.2. The van der Waals surface area contributed by atoms with Crippen LogP contribution in [0.4, 0.5) is 4.39 Å². The maximum Gasteiger partial charge on any atom is 0.154 e. The van der Waals surface area contributed by atoms with Crippen LogP contribution in [0.2, 0.25) is 0 Å². The van der Waals surface area contributed by atoms with E-state index in [1.807, 2.05) is 0 Å². The Morgan fingerprint density at radius 1 is 1.53 bits per heavy atom. The monoisotopic (exact) mass is 300 g/mol. The first-order valence-corrected chi connectivity index (χ1v) is 6.07. The van der Waals surface area contributed by atoms with Crippen molar-refractivity contribution in [2.24, 2.45) is 0 Å². The third-order valence-corrected chi connectivity index (χ3v) is 2.82. The van der Waals surface area contributed by atoms with Gasteiger partial charge in [0.1, 0.15) is 5.82 Å². The minimum atomic E-state index is -0.720. The van der Waals surface area contributed by atoms with Gasteiger partial charge >= 0.3 is 0 Å². The second-order valence-electron chi connectivity index (χ2n) is 3.51. The number of halogens is 2. The van der Waals surface area contributed by atoms with Crippen LogP contribution in [0, 0.1) is 17.7 Å². The first-order chi connectivity index (χ1) is 8.13. The van der Waals surface area contributed by atoms with Crippen molar-refractivity contribution in [3.63, 3.8) is 0 Å². The van der Waals surface area contributed by atoms with E-state index in [4.69, 9.17) is 9.84 Å². The highest BCUT2D eigenvalue weighted by Crippen LogP contribution is 2.15. The summed E-state index contributed by atoms with van der Waals surface area (Å²) < 4.78 is 18.3. The first-order valence-electron chi connectivity index (χ1n) is 5.28. The number of hydrogen-bond donors (Lipinski definition) is 1. The molecule has 0 saturated heterocycles. The molecule has 92 valence electrons. The van der Waals surface area contributed by atoms with E-state index < -0.39 is 6.29 Å². The second kappa shape index (κ2) is 7.44. The standard InChI is InChI=1S/C13H14BrFO2/c1-17-13(16)6-4-2-3-5-10-7-8-11(14)12(15)9-10/h7-9,13,16H,2,4,6H2,1H3. The van der Waals surface area contributed by atoms with Gasteiger partial charge in [-0.25, -0.2) is 4.39 Å². The molecule has 0 aliphatic rings. The summed E-state index contributed by atoms with van der Waals surface area (Å²) in [6.07, 6.45) is 1.24. The summed E-state index contributed by atoms with van der Waals surface area (Å²) in [5.74, 6) is 5.49. The number of unbranched alkanes of at least 4 members (excludes halogenated alkanes) is 1. The Morgan fingerprint density at radius 2 is 2.29 bits per heavy atom. The molecule has 0 fully saturated rings. The predicted octanol–water partition coefficient (Wildman–Crippen LogP) is 3.07. The van der Waals surface area contributed by atoms with Crippen LogP contribution in [0.3, 0.4) is 0 Å². The minimum Gasteiger partial charge on any atom is -0.368 e. The summed E-state index contributed by atoms with van der Waals surface area (Å²) in [4.78, 5) is 0. The van der Waals surface area contributed by atoms with Crippen LogP contribution in [-0.2, 0) is 4.74 Å². The molecular formula is C13H14BrFO2. The van der Waals surface area contributed by atoms with Crippen molar-refractivity contribution < 1.29 is 14.2 Å². The molecule has 1 atom stereocenters. The van der Waals surface area contributed by atoms with Gasteiger partial charge in [-0.2, -0.15) is 0 Å². The molecule has 0 saturated carbocycles. The number of methoxy groups -OCH3 is 1. The number of aliphatic hydroxyl groups is 1. The van der Waals surface area contributed by atoms with Gasteiger partial charge in [-0.05, 0) is 47.0 Å². The van der Waals surface area contributed by atoms with E-state index in [2.05, 4.69) is 27.8 Å². The SMILES string of the molecule is COC(O)CCCC#Cc1ccc(Br)c(F)c1. The van der Waals surface area contributed by atoms with Crippen molar-refractivity contribution in [3.8, 4) is 11.8 Å². The van der Waals surface area contributed by atoms with Crippen LogP contribution in [0.5, 0.6) is 0 Å². The molecule has 0 radical (unpaired) electrons. The number of benzene rings is 1. The van der Waals surface area contributed by atoms with Crippen molar-refractivity contribution in [3.05, 3.63) is 34.1 Å². The zero-order valence-electron chi connectivity index (χ0n) is 9.54. The number of hydrogen-bond acceptors (Lipinski definition) is 2. The maximum absolute atomic E-state index is 13.1. The van der Waals surface area contributed by atoms with E-state index in [1.165, 1.54) is 13.2 Å². The normalized spacial score (nSPS) is 11.8. The van der Waals surface area contributed by atoms with E-state index in [-0.39, 0.29) is 5.82 Å². The molecule has 1 N–H and O–H groups in total. The van der Waals surface area contributed by atoms with E-state index >= 15 is 0 Å². The largest absolute Gasteiger partial charge is 0.368 e. The molecule has 0 heterocycles. The van der Waals surface area contributed by atoms with Crippen LogP contribution < -0.4 is 0 Å². The molecule has 0 amide bonds. The molecule has 1 unspecified atom stereocenters. The molecule has 4 heteroatoms. The fourth-order valence-electron chi connectivity index (χ4n) is 1.22. The minimum absolute atomic E-state index is 0.313. The second-order valence-corrected chi connectivity index (χ2v) is 4.37. The van der Waals surface area contributed by atoms with E-state index in [1.54, 1.807) is 12.1 Å². The molecule has 0 aromatic heterocycles. The third kappa shape index (κ3) is 5.31. The molecule has 1 aromatic carbocycles. The van der Waals surface area contributed by atoms with Gasteiger partial charge < -0.3 is 9.84 Å².